The van der Waals surface area contributed by atoms with Crippen LogP contribution in [0.5, 0.6) is 5.75 Å². The van der Waals surface area contributed by atoms with Crippen LogP contribution in [-0.4, -0.2) is 27.8 Å². The van der Waals surface area contributed by atoms with Gasteiger partial charge < -0.3 is 9.29 Å². The molecule has 110 valence electrons. The van der Waals surface area contributed by atoms with Gasteiger partial charge in [0, 0.05) is 5.56 Å². The molecule has 0 spiro atoms. The van der Waals surface area contributed by atoms with E-state index in [4.69, 9.17) is 4.74 Å². The summed E-state index contributed by atoms with van der Waals surface area (Å²) in [6, 6.07) is 2.96. The van der Waals surface area contributed by atoms with Crippen molar-refractivity contribution in [2.75, 3.05) is 6.61 Å². The van der Waals surface area contributed by atoms with E-state index in [1.807, 2.05) is 0 Å². The van der Waals surface area contributed by atoms with Crippen LogP contribution in [0.2, 0.25) is 0 Å². The highest BCUT2D eigenvalue weighted by Crippen LogP contribution is 2.34. The molecule has 2 rings (SSSR count). The minimum atomic E-state index is -1.62. The minimum absolute atomic E-state index is 0.0223. The predicted octanol–water partition coefficient (Wildman–Crippen LogP) is 3.57. The van der Waals surface area contributed by atoms with Crippen LogP contribution in [0.4, 0.5) is 8.78 Å². The Kier molecular flexibility index (Phi) is 4.41. The van der Waals surface area contributed by atoms with Gasteiger partial charge in [0.1, 0.15) is 28.4 Å². The van der Waals surface area contributed by atoms with Crippen molar-refractivity contribution >= 4 is 33.0 Å². The first-order chi connectivity index (χ1) is 9.21. The molecule has 1 aliphatic heterocycles. The molecule has 1 aromatic rings. The number of benzene rings is 1. The minimum Gasteiger partial charge on any atom is -0.591 e. The van der Waals surface area contributed by atoms with Gasteiger partial charge in [0.15, 0.2) is 17.7 Å². The molecule has 7 heteroatoms. The van der Waals surface area contributed by atoms with E-state index >= 15 is 0 Å². The summed E-state index contributed by atoms with van der Waals surface area (Å²) in [6.45, 7) is 4.88. The van der Waals surface area contributed by atoms with Crippen molar-refractivity contribution in [3.63, 3.8) is 0 Å². The van der Waals surface area contributed by atoms with Gasteiger partial charge in [0.05, 0.1) is 4.47 Å². The zero-order chi connectivity index (χ0) is 15.1. The van der Waals surface area contributed by atoms with E-state index in [2.05, 4.69) is 20.3 Å². The average Bonchev–Trinajstić information content (AvgIpc) is 2.35. The lowest BCUT2D eigenvalue weighted by Gasteiger charge is -2.24. The summed E-state index contributed by atoms with van der Waals surface area (Å²) in [4.78, 5) is 0. The zero-order valence-corrected chi connectivity index (χ0v) is 13.6. The molecule has 1 aromatic carbocycles. The van der Waals surface area contributed by atoms with E-state index in [0.29, 0.717) is 0 Å². The second kappa shape index (κ2) is 5.61. The molecule has 2 atom stereocenters. The maximum Gasteiger partial charge on any atom is 0.181 e. The lowest BCUT2D eigenvalue weighted by atomic mass is 10.0. The fraction of sp³-hybridized carbons (Fsp3) is 0.462. The smallest absolute Gasteiger partial charge is 0.181 e. The zero-order valence-electron chi connectivity index (χ0n) is 11.2. The standard InChI is InChI=1S/C13H14BrF2NO2S/c1-13(2,3)20(18)17-11-7-4-5-8(14)10(16)12(7)19-6-9(11)15/h4-5,9H,6H2,1-3H3/b17-11-. The van der Waals surface area contributed by atoms with Crippen molar-refractivity contribution < 1.29 is 18.1 Å². The third kappa shape index (κ3) is 2.99. The molecule has 0 amide bonds. The molecule has 20 heavy (non-hydrogen) atoms. The van der Waals surface area contributed by atoms with Crippen LogP contribution in [0.1, 0.15) is 26.3 Å². The van der Waals surface area contributed by atoms with Crippen molar-refractivity contribution in [2.45, 2.75) is 31.7 Å². The molecule has 0 saturated carbocycles. The second-order valence-corrected chi connectivity index (χ2v) is 8.11. The Morgan fingerprint density at radius 2 is 2.10 bits per heavy atom. The van der Waals surface area contributed by atoms with Crippen LogP contribution in [0, 0.1) is 5.82 Å². The number of halogens is 3. The quantitative estimate of drug-likeness (QED) is 0.714. The maximum absolute atomic E-state index is 14.0. The normalized spacial score (nSPS) is 22.4. The van der Waals surface area contributed by atoms with Gasteiger partial charge in [-0.25, -0.2) is 8.78 Å². The molecule has 0 radical (unpaired) electrons. The predicted molar refractivity (Wildman–Crippen MR) is 78.9 cm³/mol. The summed E-state index contributed by atoms with van der Waals surface area (Å²) < 4.78 is 48.6. The van der Waals surface area contributed by atoms with Crippen molar-refractivity contribution in [3.05, 3.63) is 28.0 Å². The molecule has 1 aliphatic rings. The van der Waals surface area contributed by atoms with Gasteiger partial charge in [-0.2, -0.15) is 0 Å². The van der Waals surface area contributed by atoms with Crippen LogP contribution in [0.3, 0.4) is 0 Å². The highest BCUT2D eigenvalue weighted by molar-refractivity contribution is 9.10. The fourth-order valence-electron chi connectivity index (χ4n) is 1.61. The number of fused-ring (bicyclic) bond motifs is 1. The Bertz CT molecular complexity index is 560. The molecule has 0 N–H and O–H groups in total. The van der Waals surface area contributed by atoms with Crippen LogP contribution < -0.4 is 4.74 Å². The van der Waals surface area contributed by atoms with Gasteiger partial charge in [-0.15, -0.1) is 0 Å². The lowest BCUT2D eigenvalue weighted by Crippen LogP contribution is -2.34. The molecule has 0 bridgehead atoms. The SMILES string of the molecule is CC(C)(C)[S+]([O-])/N=C1/c2ccc(Br)c(F)c2OCC1F. The first-order valence-corrected chi connectivity index (χ1v) is 7.87. The van der Waals surface area contributed by atoms with Gasteiger partial charge in [0.25, 0.3) is 0 Å². The number of alkyl halides is 1. The first kappa shape index (κ1) is 15.7. The highest BCUT2D eigenvalue weighted by atomic mass is 79.9. The third-order valence-electron chi connectivity index (χ3n) is 2.70. The molecule has 3 nitrogen and oxygen atoms in total. The van der Waals surface area contributed by atoms with E-state index in [1.165, 1.54) is 12.1 Å². The molecule has 0 fully saturated rings. The molecular formula is C13H14BrF2NO2S. The Labute approximate surface area is 127 Å². The topological polar surface area (TPSA) is 44.7 Å². The third-order valence-corrected chi connectivity index (χ3v) is 4.72. The summed E-state index contributed by atoms with van der Waals surface area (Å²) >= 11 is 1.43. The number of rotatable bonds is 1. The first-order valence-electron chi connectivity index (χ1n) is 5.97. The van der Waals surface area contributed by atoms with Crippen LogP contribution in [0.25, 0.3) is 0 Å². The Hall–Kier alpha value is -0.660. The van der Waals surface area contributed by atoms with Crippen LogP contribution in [0.15, 0.2) is 21.0 Å². The highest BCUT2D eigenvalue weighted by Gasteiger charge is 2.35. The summed E-state index contributed by atoms with van der Waals surface area (Å²) in [7, 11) is 0. The average molecular weight is 366 g/mol. The van der Waals surface area contributed by atoms with E-state index < -0.39 is 28.1 Å². The summed E-state index contributed by atoms with van der Waals surface area (Å²) in [6.07, 6.45) is -1.52. The second-order valence-electron chi connectivity index (χ2n) is 5.35. The molecule has 0 aliphatic carbocycles. The molecule has 2 unspecified atom stereocenters. The van der Waals surface area contributed by atoms with E-state index in [-0.39, 0.29) is 28.1 Å². The van der Waals surface area contributed by atoms with Gasteiger partial charge in [-0.05, 0) is 48.8 Å². The molecule has 0 saturated heterocycles. The summed E-state index contributed by atoms with van der Waals surface area (Å²) in [5.41, 5.74) is 0.188. The number of hydrogen-bond donors (Lipinski definition) is 0. The van der Waals surface area contributed by atoms with Gasteiger partial charge >= 0.3 is 0 Å². The fourth-order valence-corrected chi connectivity index (χ4v) is 2.59. The Morgan fingerprint density at radius 3 is 2.70 bits per heavy atom. The molecular weight excluding hydrogens is 352 g/mol. The Morgan fingerprint density at radius 1 is 1.45 bits per heavy atom. The van der Waals surface area contributed by atoms with Crippen molar-refractivity contribution in [2.24, 2.45) is 4.40 Å². The summed E-state index contributed by atoms with van der Waals surface area (Å²) in [5.74, 6) is -0.665. The number of hydrogen-bond acceptors (Lipinski definition) is 3. The lowest BCUT2D eigenvalue weighted by molar-refractivity contribution is 0.222. The van der Waals surface area contributed by atoms with E-state index in [9.17, 15) is 13.3 Å². The van der Waals surface area contributed by atoms with Crippen molar-refractivity contribution in [3.8, 4) is 5.75 Å². The molecule has 0 aromatic heterocycles. The van der Waals surface area contributed by atoms with Crippen LogP contribution in [-0.2, 0) is 11.4 Å². The maximum atomic E-state index is 14.0. The van der Waals surface area contributed by atoms with Crippen molar-refractivity contribution in [1.82, 2.24) is 0 Å². The van der Waals surface area contributed by atoms with Crippen molar-refractivity contribution in [1.29, 1.82) is 0 Å². The van der Waals surface area contributed by atoms with Gasteiger partial charge in [-0.1, -0.05) is 4.40 Å². The van der Waals surface area contributed by atoms with Gasteiger partial charge in [0.2, 0.25) is 0 Å². The monoisotopic (exact) mass is 365 g/mol. The number of nitrogens with zero attached hydrogens (tertiary/aromatic N) is 1. The largest absolute Gasteiger partial charge is 0.591 e. The number of ether oxygens (including phenoxy) is 1. The van der Waals surface area contributed by atoms with Gasteiger partial charge in [-0.3, -0.25) is 0 Å². The van der Waals surface area contributed by atoms with E-state index in [1.54, 1.807) is 20.8 Å². The summed E-state index contributed by atoms with van der Waals surface area (Å²) in [5, 5.41) is 0. The Balaban J connectivity index is 2.51. The van der Waals surface area contributed by atoms with E-state index in [0.717, 1.165) is 0 Å². The molecule has 1 heterocycles. The van der Waals surface area contributed by atoms with Crippen LogP contribution >= 0.6 is 15.9 Å².